The summed E-state index contributed by atoms with van der Waals surface area (Å²) in [5.74, 6) is 5.70. The van der Waals surface area contributed by atoms with Crippen molar-refractivity contribution in [3.05, 3.63) is 72.2 Å². The molecule has 2 aromatic heterocycles. The standard InChI is InChI=1S/C16H16N4/c17-20-16(11-14-5-1-2-8-18-14)13-6-7-15-12(10-13)4-3-9-19-15/h1-10,16,20H,11,17H2. The Labute approximate surface area is 117 Å². The van der Waals surface area contributed by atoms with E-state index in [0.717, 1.165) is 28.6 Å². The van der Waals surface area contributed by atoms with E-state index in [1.54, 1.807) is 12.4 Å². The summed E-state index contributed by atoms with van der Waals surface area (Å²) in [6.45, 7) is 0. The van der Waals surface area contributed by atoms with Crippen molar-refractivity contribution < 1.29 is 0 Å². The van der Waals surface area contributed by atoms with Gasteiger partial charge in [-0.05, 0) is 35.9 Å². The van der Waals surface area contributed by atoms with Crippen molar-refractivity contribution in [2.24, 2.45) is 5.84 Å². The van der Waals surface area contributed by atoms with Crippen molar-refractivity contribution >= 4 is 10.9 Å². The highest BCUT2D eigenvalue weighted by molar-refractivity contribution is 5.79. The summed E-state index contributed by atoms with van der Waals surface area (Å²) in [7, 11) is 0. The molecule has 20 heavy (non-hydrogen) atoms. The summed E-state index contributed by atoms with van der Waals surface area (Å²) in [6.07, 6.45) is 4.35. The van der Waals surface area contributed by atoms with Crippen LogP contribution < -0.4 is 11.3 Å². The summed E-state index contributed by atoms with van der Waals surface area (Å²) >= 11 is 0. The SMILES string of the molecule is NNC(Cc1ccccn1)c1ccc2ncccc2c1. The molecule has 1 atom stereocenters. The van der Waals surface area contributed by atoms with Crippen molar-refractivity contribution in [3.63, 3.8) is 0 Å². The lowest BCUT2D eigenvalue weighted by Crippen LogP contribution is -2.29. The molecule has 0 radical (unpaired) electrons. The minimum atomic E-state index is 0.0366. The molecule has 3 aromatic rings. The van der Waals surface area contributed by atoms with Gasteiger partial charge in [0.1, 0.15) is 0 Å². The number of nitrogens with two attached hydrogens (primary N) is 1. The Kier molecular flexibility index (Phi) is 3.67. The number of benzene rings is 1. The van der Waals surface area contributed by atoms with Crippen LogP contribution in [-0.2, 0) is 6.42 Å². The molecule has 0 aliphatic carbocycles. The largest absolute Gasteiger partial charge is 0.271 e. The summed E-state index contributed by atoms with van der Waals surface area (Å²) in [4.78, 5) is 8.67. The van der Waals surface area contributed by atoms with E-state index in [4.69, 9.17) is 5.84 Å². The third-order valence-corrected chi connectivity index (χ3v) is 3.37. The lowest BCUT2D eigenvalue weighted by molar-refractivity contribution is 0.546. The summed E-state index contributed by atoms with van der Waals surface area (Å²) < 4.78 is 0. The van der Waals surface area contributed by atoms with Gasteiger partial charge in [0.05, 0.1) is 11.6 Å². The van der Waals surface area contributed by atoms with Crippen LogP contribution >= 0.6 is 0 Å². The van der Waals surface area contributed by atoms with Crippen molar-refractivity contribution in [1.82, 2.24) is 15.4 Å². The van der Waals surface area contributed by atoms with E-state index in [-0.39, 0.29) is 6.04 Å². The Morgan fingerprint density at radius 2 is 1.90 bits per heavy atom. The molecule has 0 saturated carbocycles. The fraction of sp³-hybridized carbons (Fsp3) is 0.125. The number of hydrogen-bond acceptors (Lipinski definition) is 4. The second-order valence-electron chi connectivity index (χ2n) is 4.70. The zero-order valence-corrected chi connectivity index (χ0v) is 11.0. The van der Waals surface area contributed by atoms with Gasteiger partial charge in [0, 0.05) is 29.9 Å². The molecule has 2 heterocycles. The molecular weight excluding hydrogens is 248 g/mol. The first kappa shape index (κ1) is 12.7. The van der Waals surface area contributed by atoms with Gasteiger partial charge in [0.15, 0.2) is 0 Å². The van der Waals surface area contributed by atoms with Gasteiger partial charge < -0.3 is 0 Å². The van der Waals surface area contributed by atoms with Crippen LogP contribution in [0.2, 0.25) is 0 Å². The van der Waals surface area contributed by atoms with Crippen LogP contribution in [0.25, 0.3) is 10.9 Å². The molecule has 0 spiro atoms. The molecule has 0 saturated heterocycles. The number of pyridine rings is 2. The molecule has 100 valence electrons. The number of fused-ring (bicyclic) bond motifs is 1. The maximum atomic E-state index is 5.70. The molecule has 0 fully saturated rings. The van der Waals surface area contributed by atoms with Gasteiger partial charge in [-0.25, -0.2) is 0 Å². The zero-order chi connectivity index (χ0) is 13.8. The van der Waals surface area contributed by atoms with Gasteiger partial charge in [-0.15, -0.1) is 0 Å². The number of nitrogens with one attached hydrogen (secondary N) is 1. The predicted molar refractivity (Wildman–Crippen MR) is 79.7 cm³/mol. The van der Waals surface area contributed by atoms with E-state index in [1.807, 2.05) is 30.3 Å². The molecule has 0 aliphatic heterocycles. The van der Waals surface area contributed by atoms with Gasteiger partial charge in [0.25, 0.3) is 0 Å². The number of aromatic nitrogens is 2. The van der Waals surface area contributed by atoms with E-state index in [2.05, 4.69) is 33.6 Å². The third-order valence-electron chi connectivity index (χ3n) is 3.37. The van der Waals surface area contributed by atoms with Gasteiger partial charge in [0.2, 0.25) is 0 Å². The molecular formula is C16H16N4. The fourth-order valence-electron chi connectivity index (χ4n) is 2.31. The highest BCUT2D eigenvalue weighted by Gasteiger charge is 2.11. The molecule has 1 aromatic carbocycles. The van der Waals surface area contributed by atoms with Gasteiger partial charge >= 0.3 is 0 Å². The van der Waals surface area contributed by atoms with Crippen molar-refractivity contribution in [2.45, 2.75) is 12.5 Å². The Bertz CT molecular complexity index is 697. The van der Waals surface area contributed by atoms with Crippen LogP contribution in [0.15, 0.2) is 60.9 Å². The minimum Gasteiger partial charge on any atom is -0.271 e. The Morgan fingerprint density at radius 1 is 1.00 bits per heavy atom. The Balaban J connectivity index is 1.91. The molecule has 0 amide bonds. The average molecular weight is 264 g/mol. The number of hydrazine groups is 1. The number of hydrogen-bond donors (Lipinski definition) is 2. The lowest BCUT2D eigenvalue weighted by atomic mass is 10.0. The molecule has 3 rings (SSSR count). The van der Waals surface area contributed by atoms with E-state index >= 15 is 0 Å². The van der Waals surface area contributed by atoms with Gasteiger partial charge in [-0.2, -0.15) is 0 Å². The maximum absolute atomic E-state index is 5.70. The summed E-state index contributed by atoms with van der Waals surface area (Å²) in [5, 5.41) is 1.12. The van der Waals surface area contributed by atoms with E-state index in [9.17, 15) is 0 Å². The van der Waals surface area contributed by atoms with Crippen molar-refractivity contribution in [2.75, 3.05) is 0 Å². The van der Waals surface area contributed by atoms with E-state index < -0.39 is 0 Å². The quantitative estimate of drug-likeness (QED) is 0.561. The number of rotatable bonds is 4. The fourth-order valence-corrected chi connectivity index (χ4v) is 2.31. The third kappa shape index (κ3) is 2.66. The molecule has 3 N–H and O–H groups in total. The zero-order valence-electron chi connectivity index (χ0n) is 11.0. The molecule has 4 nitrogen and oxygen atoms in total. The molecule has 4 heteroatoms. The normalized spacial score (nSPS) is 12.4. The minimum absolute atomic E-state index is 0.0366. The first-order valence-electron chi connectivity index (χ1n) is 6.57. The second-order valence-corrected chi connectivity index (χ2v) is 4.70. The van der Waals surface area contributed by atoms with E-state index in [0.29, 0.717) is 0 Å². The van der Waals surface area contributed by atoms with Crippen LogP contribution in [0, 0.1) is 0 Å². The maximum Gasteiger partial charge on any atom is 0.0702 e. The average Bonchev–Trinajstić information content (AvgIpc) is 2.53. The van der Waals surface area contributed by atoms with Crippen molar-refractivity contribution in [3.8, 4) is 0 Å². The summed E-state index contributed by atoms with van der Waals surface area (Å²) in [6, 6.07) is 16.1. The predicted octanol–water partition coefficient (Wildman–Crippen LogP) is 2.38. The smallest absolute Gasteiger partial charge is 0.0702 e. The Morgan fingerprint density at radius 3 is 2.70 bits per heavy atom. The summed E-state index contributed by atoms with van der Waals surface area (Å²) in [5.41, 5.74) is 6.01. The van der Waals surface area contributed by atoms with Crippen LogP contribution in [0.4, 0.5) is 0 Å². The lowest BCUT2D eigenvalue weighted by Gasteiger charge is -2.16. The highest BCUT2D eigenvalue weighted by atomic mass is 15.2. The second kappa shape index (κ2) is 5.77. The molecule has 0 aliphatic rings. The first-order valence-corrected chi connectivity index (χ1v) is 6.57. The van der Waals surface area contributed by atoms with E-state index in [1.165, 1.54) is 0 Å². The number of nitrogens with zero attached hydrogens (tertiary/aromatic N) is 2. The monoisotopic (exact) mass is 264 g/mol. The van der Waals surface area contributed by atoms with Gasteiger partial charge in [-0.3, -0.25) is 21.2 Å². The van der Waals surface area contributed by atoms with Gasteiger partial charge in [-0.1, -0.05) is 18.2 Å². The molecule has 1 unspecified atom stereocenters. The molecule has 0 bridgehead atoms. The Hall–Kier alpha value is -2.30. The van der Waals surface area contributed by atoms with Crippen LogP contribution in [0.1, 0.15) is 17.3 Å². The first-order chi connectivity index (χ1) is 9.86. The highest BCUT2D eigenvalue weighted by Crippen LogP contribution is 2.21. The topological polar surface area (TPSA) is 63.8 Å². The van der Waals surface area contributed by atoms with Crippen LogP contribution in [-0.4, -0.2) is 9.97 Å². The van der Waals surface area contributed by atoms with Crippen LogP contribution in [0.5, 0.6) is 0 Å². The van der Waals surface area contributed by atoms with Crippen molar-refractivity contribution in [1.29, 1.82) is 0 Å². The van der Waals surface area contributed by atoms with Crippen LogP contribution in [0.3, 0.4) is 0 Å².